The standard InChI is InChI=1S/C23H34N2O/c1-6-10-19-15-18(12-14-22(19)26-9-4)11-13-20(7-2)25-16-21-17(5)23(21,24)8-3/h7,11-15,21,25H,5-6,8-10,16,24H2,1-4H3/b13-11+,20-7+/t21?,23-/m1/s1. The lowest BCUT2D eigenvalue weighted by Crippen LogP contribution is -2.28. The summed E-state index contributed by atoms with van der Waals surface area (Å²) in [6, 6.07) is 6.41. The van der Waals surface area contributed by atoms with Gasteiger partial charge in [-0.15, -0.1) is 0 Å². The molecule has 1 aliphatic rings. The lowest BCUT2D eigenvalue weighted by Gasteiger charge is -2.11. The highest BCUT2D eigenvalue weighted by atomic mass is 16.5. The Kier molecular flexibility index (Phi) is 7.10. The monoisotopic (exact) mass is 354 g/mol. The number of hydrogen-bond acceptors (Lipinski definition) is 3. The number of benzene rings is 1. The lowest BCUT2D eigenvalue weighted by atomic mass is 10.0. The first kappa shape index (κ1) is 20.3. The summed E-state index contributed by atoms with van der Waals surface area (Å²) in [5, 5.41) is 3.50. The van der Waals surface area contributed by atoms with Crippen LogP contribution >= 0.6 is 0 Å². The van der Waals surface area contributed by atoms with Crippen molar-refractivity contribution in [3.05, 3.63) is 59.3 Å². The van der Waals surface area contributed by atoms with Crippen LogP contribution in [0.15, 0.2) is 48.2 Å². The maximum atomic E-state index is 6.32. The van der Waals surface area contributed by atoms with Crippen LogP contribution < -0.4 is 15.8 Å². The predicted octanol–water partition coefficient (Wildman–Crippen LogP) is 4.84. The molecule has 142 valence electrons. The summed E-state index contributed by atoms with van der Waals surface area (Å²) in [5.41, 5.74) is 10.9. The van der Waals surface area contributed by atoms with Gasteiger partial charge in [-0.2, -0.15) is 0 Å². The molecule has 1 aromatic carbocycles. The molecule has 0 saturated heterocycles. The minimum Gasteiger partial charge on any atom is -0.494 e. The van der Waals surface area contributed by atoms with E-state index in [1.807, 2.05) is 13.8 Å². The SMILES string of the molecule is C=C1C(CNC(/C=C/c2ccc(OCC)c(CCC)c2)=C/C)[C@@]1(N)CC. The summed E-state index contributed by atoms with van der Waals surface area (Å²) < 4.78 is 5.74. The molecule has 0 bridgehead atoms. The second kappa shape index (κ2) is 9.09. The Balaban J connectivity index is 2.00. The van der Waals surface area contributed by atoms with Crippen LogP contribution in [0.5, 0.6) is 5.75 Å². The third kappa shape index (κ3) is 4.59. The minimum absolute atomic E-state index is 0.167. The summed E-state index contributed by atoms with van der Waals surface area (Å²) >= 11 is 0. The second-order valence-corrected chi connectivity index (χ2v) is 6.98. The Morgan fingerprint density at radius 1 is 1.35 bits per heavy atom. The van der Waals surface area contributed by atoms with Gasteiger partial charge in [0, 0.05) is 23.7 Å². The molecule has 0 heterocycles. The van der Waals surface area contributed by atoms with E-state index in [1.54, 1.807) is 0 Å². The first-order chi connectivity index (χ1) is 12.5. The lowest BCUT2D eigenvalue weighted by molar-refractivity contribution is 0.336. The van der Waals surface area contributed by atoms with E-state index in [2.05, 4.69) is 62.2 Å². The van der Waals surface area contributed by atoms with Crippen molar-refractivity contribution in [3.8, 4) is 5.75 Å². The first-order valence-electron chi connectivity index (χ1n) is 9.82. The molecule has 26 heavy (non-hydrogen) atoms. The van der Waals surface area contributed by atoms with Gasteiger partial charge < -0.3 is 15.8 Å². The molecule has 3 N–H and O–H groups in total. The Labute approximate surface area is 159 Å². The zero-order chi connectivity index (χ0) is 19.2. The van der Waals surface area contributed by atoms with E-state index in [-0.39, 0.29) is 5.54 Å². The molecule has 2 rings (SSSR count). The molecule has 3 nitrogen and oxygen atoms in total. The quantitative estimate of drug-likeness (QED) is 0.467. The second-order valence-electron chi connectivity index (χ2n) is 6.98. The van der Waals surface area contributed by atoms with Crippen molar-refractivity contribution in [3.63, 3.8) is 0 Å². The molecule has 0 amide bonds. The molecule has 1 fully saturated rings. The summed E-state index contributed by atoms with van der Waals surface area (Å²) in [7, 11) is 0. The van der Waals surface area contributed by atoms with Crippen LogP contribution in [0, 0.1) is 5.92 Å². The van der Waals surface area contributed by atoms with Crippen molar-refractivity contribution in [2.45, 2.75) is 52.5 Å². The highest BCUT2D eigenvalue weighted by Gasteiger charge is 2.53. The Morgan fingerprint density at radius 2 is 2.12 bits per heavy atom. The number of nitrogens with one attached hydrogen (secondary N) is 1. The number of ether oxygens (including phenoxy) is 1. The fraction of sp³-hybridized carbons (Fsp3) is 0.478. The third-order valence-electron chi connectivity index (χ3n) is 5.32. The maximum absolute atomic E-state index is 6.32. The third-order valence-corrected chi connectivity index (χ3v) is 5.32. The van der Waals surface area contributed by atoms with Gasteiger partial charge in [0.2, 0.25) is 0 Å². The van der Waals surface area contributed by atoms with Crippen molar-refractivity contribution in [2.24, 2.45) is 11.7 Å². The van der Waals surface area contributed by atoms with Crippen molar-refractivity contribution in [1.82, 2.24) is 5.32 Å². The molecule has 1 aliphatic carbocycles. The van der Waals surface area contributed by atoms with Crippen LogP contribution in [0.3, 0.4) is 0 Å². The van der Waals surface area contributed by atoms with Crippen LogP contribution in [0.4, 0.5) is 0 Å². The average molecular weight is 355 g/mol. The van der Waals surface area contributed by atoms with E-state index in [1.165, 1.54) is 16.7 Å². The van der Waals surface area contributed by atoms with Crippen LogP contribution in [-0.4, -0.2) is 18.7 Å². The van der Waals surface area contributed by atoms with Crippen molar-refractivity contribution < 1.29 is 4.74 Å². The molecular weight excluding hydrogens is 320 g/mol. The van der Waals surface area contributed by atoms with Crippen LogP contribution in [0.25, 0.3) is 6.08 Å². The summed E-state index contributed by atoms with van der Waals surface area (Å²) in [5.74, 6) is 1.37. The molecule has 3 heteroatoms. The number of aryl methyl sites for hydroxylation is 1. The van der Waals surface area contributed by atoms with E-state index >= 15 is 0 Å². The smallest absolute Gasteiger partial charge is 0.122 e. The van der Waals surface area contributed by atoms with E-state index in [0.29, 0.717) is 12.5 Å². The zero-order valence-corrected chi connectivity index (χ0v) is 16.8. The summed E-state index contributed by atoms with van der Waals surface area (Å²) in [4.78, 5) is 0. The van der Waals surface area contributed by atoms with Gasteiger partial charge in [-0.25, -0.2) is 0 Å². The highest BCUT2D eigenvalue weighted by Crippen LogP contribution is 2.48. The Bertz CT molecular complexity index is 689. The zero-order valence-electron chi connectivity index (χ0n) is 16.8. The van der Waals surface area contributed by atoms with Gasteiger partial charge in [-0.3, -0.25) is 0 Å². The predicted molar refractivity (Wildman–Crippen MR) is 112 cm³/mol. The van der Waals surface area contributed by atoms with Crippen LogP contribution in [0.2, 0.25) is 0 Å². The van der Waals surface area contributed by atoms with Crippen molar-refractivity contribution in [1.29, 1.82) is 0 Å². The molecule has 0 aromatic heterocycles. The fourth-order valence-electron chi connectivity index (χ4n) is 3.44. The van der Waals surface area contributed by atoms with Gasteiger partial charge in [-0.05, 0) is 61.6 Å². The van der Waals surface area contributed by atoms with Gasteiger partial charge in [-0.1, -0.05) is 45.1 Å². The maximum Gasteiger partial charge on any atom is 0.122 e. The minimum atomic E-state index is -0.167. The summed E-state index contributed by atoms with van der Waals surface area (Å²) in [6.45, 7) is 14.0. The Morgan fingerprint density at radius 3 is 2.69 bits per heavy atom. The number of nitrogens with two attached hydrogens (primary N) is 1. The molecule has 1 saturated carbocycles. The van der Waals surface area contributed by atoms with Gasteiger partial charge in [0.15, 0.2) is 0 Å². The number of rotatable bonds is 10. The normalized spacial score (nSPS) is 22.7. The van der Waals surface area contributed by atoms with Crippen LogP contribution in [-0.2, 0) is 6.42 Å². The highest BCUT2D eigenvalue weighted by molar-refractivity contribution is 5.56. The van der Waals surface area contributed by atoms with Gasteiger partial charge >= 0.3 is 0 Å². The van der Waals surface area contributed by atoms with Crippen molar-refractivity contribution >= 4 is 6.08 Å². The van der Waals surface area contributed by atoms with E-state index in [9.17, 15) is 0 Å². The molecular formula is C23H34N2O. The van der Waals surface area contributed by atoms with Gasteiger partial charge in [0.1, 0.15) is 5.75 Å². The molecule has 2 atom stereocenters. The van der Waals surface area contributed by atoms with Crippen LogP contribution in [0.1, 0.15) is 51.7 Å². The largest absolute Gasteiger partial charge is 0.494 e. The van der Waals surface area contributed by atoms with Gasteiger partial charge in [0.05, 0.1) is 6.61 Å². The fourth-order valence-corrected chi connectivity index (χ4v) is 3.44. The molecule has 1 aromatic rings. The molecule has 0 spiro atoms. The molecule has 0 radical (unpaired) electrons. The average Bonchev–Trinajstić information content (AvgIpc) is 3.18. The molecule has 0 aliphatic heterocycles. The Hall–Kier alpha value is -2.00. The van der Waals surface area contributed by atoms with E-state index in [0.717, 1.165) is 37.3 Å². The summed E-state index contributed by atoms with van der Waals surface area (Å²) in [6.07, 6.45) is 9.46. The number of hydrogen-bond donors (Lipinski definition) is 2. The van der Waals surface area contributed by atoms with Gasteiger partial charge in [0.25, 0.3) is 0 Å². The number of allylic oxidation sites excluding steroid dienone is 2. The van der Waals surface area contributed by atoms with E-state index in [4.69, 9.17) is 10.5 Å². The molecule has 1 unspecified atom stereocenters. The van der Waals surface area contributed by atoms with E-state index < -0.39 is 0 Å². The van der Waals surface area contributed by atoms with Crippen molar-refractivity contribution in [2.75, 3.05) is 13.2 Å². The topological polar surface area (TPSA) is 47.3 Å². The first-order valence-corrected chi connectivity index (χ1v) is 9.82.